The van der Waals surface area contributed by atoms with E-state index in [-0.39, 0.29) is 10.3 Å². The molecule has 7 heteroatoms. The number of hydrogen-bond donors (Lipinski definition) is 0. The number of rotatable bonds is 2. The lowest BCUT2D eigenvalue weighted by atomic mass is 10.1. The molecule has 0 atom stereocenters. The third kappa shape index (κ3) is 3.04. The fourth-order valence-electron chi connectivity index (χ4n) is 1.84. The molecular formula is C14H8Cl3N3S. The molecule has 0 saturated heterocycles. The lowest BCUT2D eigenvalue weighted by Crippen LogP contribution is -1.95. The van der Waals surface area contributed by atoms with Gasteiger partial charge < -0.3 is 0 Å². The van der Waals surface area contributed by atoms with E-state index in [2.05, 4.69) is 15.0 Å². The molecule has 21 heavy (non-hydrogen) atoms. The topological polar surface area (TPSA) is 38.7 Å². The average Bonchev–Trinajstić information content (AvgIpc) is 2.87. The average molecular weight is 357 g/mol. The first-order valence-electron chi connectivity index (χ1n) is 5.96. The molecule has 3 rings (SSSR count). The fourth-order valence-corrected chi connectivity index (χ4v) is 3.17. The molecule has 0 radical (unpaired) electrons. The highest BCUT2D eigenvalue weighted by Gasteiger charge is 2.16. The van der Waals surface area contributed by atoms with Gasteiger partial charge in [0.25, 0.3) is 0 Å². The van der Waals surface area contributed by atoms with E-state index < -0.39 is 0 Å². The predicted octanol–water partition coefficient (Wildman–Crippen LogP) is 5.54. The first kappa shape index (κ1) is 14.7. The second kappa shape index (κ2) is 5.89. The lowest BCUT2D eigenvalue weighted by molar-refractivity contribution is 1.14. The number of benzene rings is 1. The molecule has 2 aromatic heterocycles. The molecule has 0 spiro atoms. The number of halogens is 3. The predicted molar refractivity (Wildman–Crippen MR) is 88.3 cm³/mol. The summed E-state index contributed by atoms with van der Waals surface area (Å²) in [5, 5.41) is 4.03. The van der Waals surface area contributed by atoms with Gasteiger partial charge >= 0.3 is 0 Å². The van der Waals surface area contributed by atoms with Crippen LogP contribution < -0.4 is 0 Å². The highest BCUT2D eigenvalue weighted by molar-refractivity contribution is 7.09. The molecule has 3 aromatic rings. The maximum atomic E-state index is 6.27. The van der Waals surface area contributed by atoms with Crippen LogP contribution >= 0.6 is 46.1 Å². The van der Waals surface area contributed by atoms with Gasteiger partial charge in [0.15, 0.2) is 5.82 Å². The highest BCUT2D eigenvalue weighted by atomic mass is 35.5. The largest absolute Gasteiger partial charge is 0.238 e. The van der Waals surface area contributed by atoms with Gasteiger partial charge in [0.1, 0.15) is 16.0 Å². The third-order valence-electron chi connectivity index (χ3n) is 2.80. The van der Waals surface area contributed by atoms with Gasteiger partial charge in [0.05, 0.1) is 10.6 Å². The zero-order chi connectivity index (χ0) is 15.0. The van der Waals surface area contributed by atoms with E-state index in [9.17, 15) is 0 Å². The monoisotopic (exact) mass is 355 g/mol. The summed E-state index contributed by atoms with van der Waals surface area (Å²) in [6, 6.07) is 7.18. The standard InChI is InChI=1S/C14H8Cl3N3S/c1-7-18-10(6-21-7)14-19-12(16)11(13(17)20-14)8-2-4-9(15)5-3-8/h2-6H,1H3. The van der Waals surface area contributed by atoms with Crippen LogP contribution in [0.4, 0.5) is 0 Å². The molecule has 0 amide bonds. The van der Waals surface area contributed by atoms with Crippen molar-refractivity contribution in [2.45, 2.75) is 6.92 Å². The number of hydrogen-bond acceptors (Lipinski definition) is 4. The van der Waals surface area contributed by atoms with Crippen molar-refractivity contribution in [1.29, 1.82) is 0 Å². The molecule has 1 aromatic carbocycles. The lowest BCUT2D eigenvalue weighted by Gasteiger charge is -2.07. The zero-order valence-electron chi connectivity index (χ0n) is 10.8. The van der Waals surface area contributed by atoms with Crippen LogP contribution in [0.2, 0.25) is 15.3 Å². The summed E-state index contributed by atoms with van der Waals surface area (Å²) in [6.45, 7) is 1.92. The summed E-state index contributed by atoms with van der Waals surface area (Å²) in [4.78, 5) is 12.9. The molecule has 3 nitrogen and oxygen atoms in total. The fraction of sp³-hybridized carbons (Fsp3) is 0.0714. The minimum atomic E-state index is 0.290. The Kier molecular flexibility index (Phi) is 4.13. The van der Waals surface area contributed by atoms with Crippen molar-refractivity contribution in [1.82, 2.24) is 15.0 Å². The molecule has 0 aliphatic carbocycles. The first-order valence-corrected chi connectivity index (χ1v) is 7.97. The third-order valence-corrected chi connectivity index (χ3v) is 4.37. The maximum absolute atomic E-state index is 6.27. The van der Waals surface area contributed by atoms with Gasteiger partial charge in [-0.05, 0) is 24.6 Å². The second-order valence-electron chi connectivity index (χ2n) is 4.26. The summed E-state index contributed by atoms with van der Waals surface area (Å²) in [5.74, 6) is 0.423. The van der Waals surface area contributed by atoms with E-state index in [0.29, 0.717) is 22.1 Å². The van der Waals surface area contributed by atoms with E-state index in [1.807, 2.05) is 24.4 Å². The maximum Gasteiger partial charge on any atom is 0.181 e. The van der Waals surface area contributed by atoms with Gasteiger partial charge in [-0.2, -0.15) is 0 Å². The Bertz CT molecular complexity index is 776. The van der Waals surface area contributed by atoms with Gasteiger partial charge in [0, 0.05) is 10.4 Å². The van der Waals surface area contributed by atoms with Crippen molar-refractivity contribution in [3.63, 3.8) is 0 Å². The van der Waals surface area contributed by atoms with Crippen molar-refractivity contribution in [2.75, 3.05) is 0 Å². The van der Waals surface area contributed by atoms with Crippen LogP contribution in [0.15, 0.2) is 29.6 Å². The van der Waals surface area contributed by atoms with Crippen LogP contribution in [0.25, 0.3) is 22.6 Å². The molecule has 2 heterocycles. The first-order chi connectivity index (χ1) is 10.0. The quantitative estimate of drug-likeness (QED) is 0.566. The van der Waals surface area contributed by atoms with Gasteiger partial charge in [-0.15, -0.1) is 11.3 Å². The number of aryl methyl sites for hydroxylation is 1. The van der Waals surface area contributed by atoms with Crippen molar-refractivity contribution in [3.05, 3.63) is 50.0 Å². The van der Waals surface area contributed by atoms with E-state index in [4.69, 9.17) is 34.8 Å². The SMILES string of the molecule is Cc1nc(-c2nc(Cl)c(-c3ccc(Cl)cc3)c(Cl)n2)cs1. The van der Waals surface area contributed by atoms with Gasteiger partial charge in [-0.25, -0.2) is 15.0 Å². The van der Waals surface area contributed by atoms with Gasteiger partial charge in [-0.1, -0.05) is 46.9 Å². The van der Waals surface area contributed by atoms with Crippen LogP contribution in [0.3, 0.4) is 0 Å². The van der Waals surface area contributed by atoms with Gasteiger partial charge in [0.2, 0.25) is 0 Å². The summed E-state index contributed by atoms with van der Waals surface area (Å²) >= 11 is 19.9. The molecular weight excluding hydrogens is 349 g/mol. The van der Waals surface area contributed by atoms with E-state index in [1.54, 1.807) is 12.1 Å². The molecule has 0 N–H and O–H groups in total. The summed E-state index contributed by atoms with van der Waals surface area (Å²) in [6.07, 6.45) is 0. The van der Waals surface area contributed by atoms with Crippen LogP contribution in [-0.2, 0) is 0 Å². The Balaban J connectivity index is 2.10. The molecule has 0 aliphatic heterocycles. The van der Waals surface area contributed by atoms with Crippen LogP contribution in [0.1, 0.15) is 5.01 Å². The van der Waals surface area contributed by atoms with Crippen LogP contribution in [0, 0.1) is 6.92 Å². The molecule has 0 saturated carbocycles. The highest BCUT2D eigenvalue weighted by Crippen LogP contribution is 2.34. The number of nitrogens with zero attached hydrogens (tertiary/aromatic N) is 3. The summed E-state index contributed by atoms with van der Waals surface area (Å²) < 4.78 is 0. The molecule has 106 valence electrons. The minimum absolute atomic E-state index is 0.290. The Morgan fingerprint density at radius 2 is 1.52 bits per heavy atom. The number of aromatic nitrogens is 3. The Labute approximate surface area is 140 Å². The van der Waals surface area contributed by atoms with Crippen LogP contribution in [0.5, 0.6) is 0 Å². The van der Waals surface area contributed by atoms with Crippen molar-refractivity contribution in [3.8, 4) is 22.6 Å². The van der Waals surface area contributed by atoms with E-state index in [1.165, 1.54) is 11.3 Å². The Morgan fingerprint density at radius 3 is 2.05 bits per heavy atom. The van der Waals surface area contributed by atoms with Crippen molar-refractivity contribution < 1.29 is 0 Å². The molecule has 0 aliphatic rings. The van der Waals surface area contributed by atoms with E-state index in [0.717, 1.165) is 10.6 Å². The molecule has 0 unspecified atom stereocenters. The second-order valence-corrected chi connectivity index (χ2v) is 6.48. The molecule has 0 bridgehead atoms. The Morgan fingerprint density at radius 1 is 0.905 bits per heavy atom. The summed E-state index contributed by atoms with van der Waals surface area (Å²) in [5.41, 5.74) is 2.07. The van der Waals surface area contributed by atoms with Gasteiger partial charge in [-0.3, -0.25) is 0 Å². The van der Waals surface area contributed by atoms with Crippen LogP contribution in [-0.4, -0.2) is 15.0 Å². The summed E-state index contributed by atoms with van der Waals surface area (Å²) in [7, 11) is 0. The van der Waals surface area contributed by atoms with E-state index >= 15 is 0 Å². The van der Waals surface area contributed by atoms with Crippen molar-refractivity contribution >= 4 is 46.1 Å². The number of thiazole rings is 1. The normalized spacial score (nSPS) is 10.9. The minimum Gasteiger partial charge on any atom is -0.238 e. The Hall–Kier alpha value is -1.20. The van der Waals surface area contributed by atoms with Crippen molar-refractivity contribution in [2.24, 2.45) is 0 Å². The molecule has 0 fully saturated rings. The zero-order valence-corrected chi connectivity index (χ0v) is 13.9. The smallest absolute Gasteiger partial charge is 0.181 e.